The third-order valence-corrected chi connectivity index (χ3v) is 6.41. The molecule has 0 saturated carbocycles. The fourth-order valence-electron chi connectivity index (χ4n) is 5.18. The smallest absolute Gasteiger partial charge is 0.269 e. The van der Waals surface area contributed by atoms with Gasteiger partial charge in [0.1, 0.15) is 5.78 Å². The highest BCUT2D eigenvalue weighted by Gasteiger charge is 2.64. The number of ketones is 1. The second kappa shape index (κ2) is 5.10. The molecule has 0 unspecified atom stereocenters. The first-order valence-corrected chi connectivity index (χ1v) is 8.72. The van der Waals surface area contributed by atoms with Crippen LogP contribution in [0.15, 0.2) is 24.3 Å². The van der Waals surface area contributed by atoms with Crippen LogP contribution in [0.2, 0.25) is 0 Å². The monoisotopic (exact) mass is 329 g/mol. The maximum atomic E-state index is 13.1. The standard InChI is InChI=1S/C18H23N3O3/c1-3-17-9-19-11-18(4-2,16(17)22)12-20(10-17)15(19)13-6-5-7-14(8-13)21(23)24/h5-8,15H,3-4,9-12H2,1-2H3. The number of nitrogens with zero attached hydrogens (tertiary/aromatic N) is 3. The van der Waals surface area contributed by atoms with Gasteiger partial charge in [-0.1, -0.05) is 26.0 Å². The fraction of sp³-hybridized carbons (Fsp3) is 0.611. The van der Waals surface area contributed by atoms with Gasteiger partial charge in [0.15, 0.2) is 0 Å². The van der Waals surface area contributed by atoms with Gasteiger partial charge in [0.25, 0.3) is 5.69 Å². The number of carbonyl (C=O) groups excluding carboxylic acids is 1. The van der Waals surface area contributed by atoms with E-state index in [4.69, 9.17) is 0 Å². The third-order valence-electron chi connectivity index (χ3n) is 6.41. The van der Waals surface area contributed by atoms with E-state index in [-0.39, 0.29) is 27.6 Å². The van der Waals surface area contributed by atoms with Crippen molar-refractivity contribution in [2.24, 2.45) is 10.8 Å². The van der Waals surface area contributed by atoms with Crippen LogP contribution in [0.4, 0.5) is 5.69 Å². The first-order chi connectivity index (χ1) is 11.4. The van der Waals surface area contributed by atoms with Crippen LogP contribution < -0.4 is 0 Å². The van der Waals surface area contributed by atoms with Crippen molar-refractivity contribution >= 4 is 11.5 Å². The van der Waals surface area contributed by atoms with E-state index in [1.807, 2.05) is 6.07 Å². The van der Waals surface area contributed by atoms with E-state index in [1.54, 1.807) is 12.1 Å². The molecule has 4 heterocycles. The van der Waals surface area contributed by atoms with Crippen molar-refractivity contribution in [2.75, 3.05) is 26.2 Å². The Balaban J connectivity index is 1.74. The fourth-order valence-corrected chi connectivity index (χ4v) is 5.18. The van der Waals surface area contributed by atoms with Gasteiger partial charge in [-0.3, -0.25) is 24.7 Å². The van der Waals surface area contributed by atoms with Crippen molar-refractivity contribution < 1.29 is 9.72 Å². The van der Waals surface area contributed by atoms with E-state index < -0.39 is 0 Å². The number of nitro benzene ring substituents is 1. The van der Waals surface area contributed by atoms with Crippen molar-refractivity contribution in [3.05, 3.63) is 39.9 Å². The Morgan fingerprint density at radius 3 is 2.12 bits per heavy atom. The molecular weight excluding hydrogens is 306 g/mol. The number of hydrogen-bond acceptors (Lipinski definition) is 5. The van der Waals surface area contributed by atoms with Gasteiger partial charge in [-0.25, -0.2) is 0 Å². The van der Waals surface area contributed by atoms with Crippen LogP contribution in [0, 0.1) is 20.9 Å². The molecule has 0 N–H and O–H groups in total. The Hall–Kier alpha value is -1.79. The zero-order valence-corrected chi connectivity index (χ0v) is 14.2. The second-order valence-corrected chi connectivity index (χ2v) is 7.63. The van der Waals surface area contributed by atoms with Gasteiger partial charge in [-0.05, 0) is 18.4 Å². The largest absolute Gasteiger partial charge is 0.298 e. The maximum Gasteiger partial charge on any atom is 0.269 e. The Kier molecular flexibility index (Phi) is 3.34. The molecule has 6 nitrogen and oxygen atoms in total. The summed E-state index contributed by atoms with van der Waals surface area (Å²) in [5, 5.41) is 11.1. The minimum Gasteiger partial charge on any atom is -0.298 e. The molecule has 24 heavy (non-hydrogen) atoms. The summed E-state index contributed by atoms with van der Waals surface area (Å²) in [7, 11) is 0. The van der Waals surface area contributed by atoms with Gasteiger partial charge in [0.05, 0.1) is 21.9 Å². The number of Topliss-reactive ketones (excluding diaryl/α,β-unsaturated/α-hetero) is 1. The van der Waals surface area contributed by atoms with Crippen molar-refractivity contribution in [3.8, 4) is 0 Å². The van der Waals surface area contributed by atoms with Crippen LogP contribution in [0.3, 0.4) is 0 Å². The zero-order chi connectivity index (χ0) is 17.1. The summed E-state index contributed by atoms with van der Waals surface area (Å²) in [6, 6.07) is 6.96. The first-order valence-electron chi connectivity index (χ1n) is 8.72. The van der Waals surface area contributed by atoms with E-state index in [2.05, 4.69) is 23.6 Å². The number of benzene rings is 1. The van der Waals surface area contributed by atoms with Crippen molar-refractivity contribution in [1.82, 2.24) is 9.80 Å². The summed E-state index contributed by atoms with van der Waals surface area (Å²) in [5.41, 5.74) is 0.580. The molecule has 1 aromatic carbocycles. The van der Waals surface area contributed by atoms with Gasteiger partial charge < -0.3 is 0 Å². The summed E-state index contributed by atoms with van der Waals surface area (Å²) >= 11 is 0. The lowest BCUT2D eigenvalue weighted by atomic mass is 9.58. The lowest BCUT2D eigenvalue weighted by molar-refractivity contribution is -0.385. The summed E-state index contributed by atoms with van der Waals surface area (Å²) in [5.74, 6) is 0.449. The molecule has 0 spiro atoms. The van der Waals surface area contributed by atoms with Crippen LogP contribution in [0.1, 0.15) is 38.4 Å². The molecule has 4 aliphatic heterocycles. The highest BCUT2D eigenvalue weighted by atomic mass is 16.6. The molecule has 4 aliphatic rings. The van der Waals surface area contributed by atoms with E-state index >= 15 is 0 Å². The Bertz CT molecular complexity index is 675. The number of rotatable bonds is 4. The lowest BCUT2D eigenvalue weighted by Gasteiger charge is -2.66. The van der Waals surface area contributed by atoms with Crippen molar-refractivity contribution in [2.45, 2.75) is 32.9 Å². The van der Waals surface area contributed by atoms with E-state index in [9.17, 15) is 14.9 Å². The minimum atomic E-state index is -0.338. The van der Waals surface area contributed by atoms with Crippen molar-refractivity contribution in [1.29, 1.82) is 0 Å². The number of piperidine rings is 2. The Labute approximate surface area is 141 Å². The summed E-state index contributed by atoms with van der Waals surface area (Å²) in [4.78, 5) is 28.6. The molecule has 128 valence electrons. The molecule has 6 heteroatoms. The normalized spacial score (nSPS) is 40.1. The summed E-state index contributed by atoms with van der Waals surface area (Å²) in [6.45, 7) is 7.31. The maximum absolute atomic E-state index is 13.1. The van der Waals surface area contributed by atoms with Crippen LogP contribution in [-0.2, 0) is 4.79 Å². The molecule has 5 rings (SSSR count). The van der Waals surface area contributed by atoms with Crippen LogP contribution in [0.5, 0.6) is 0 Å². The zero-order valence-electron chi connectivity index (χ0n) is 14.2. The predicted molar refractivity (Wildman–Crippen MR) is 89.4 cm³/mol. The van der Waals surface area contributed by atoms with E-state index in [0.29, 0.717) is 5.78 Å². The Morgan fingerprint density at radius 2 is 1.67 bits per heavy atom. The molecule has 4 fully saturated rings. The minimum absolute atomic E-state index is 0.0531. The van der Waals surface area contributed by atoms with Gasteiger partial charge in [0.2, 0.25) is 0 Å². The topological polar surface area (TPSA) is 66.7 Å². The SMILES string of the molecule is CCC12CN3CC(CC)(CN(C1)C3c1cccc([N+](=O)[O-])c1)C2=O. The average molecular weight is 329 g/mol. The molecule has 0 aromatic heterocycles. The number of non-ortho nitro benzene ring substituents is 1. The van der Waals surface area contributed by atoms with Crippen LogP contribution in [-0.4, -0.2) is 46.7 Å². The number of carbonyl (C=O) groups is 1. The molecule has 4 saturated heterocycles. The summed E-state index contributed by atoms with van der Waals surface area (Å²) < 4.78 is 0. The lowest BCUT2D eigenvalue weighted by Crippen LogP contribution is -2.76. The van der Waals surface area contributed by atoms with Gasteiger partial charge in [-0.15, -0.1) is 0 Å². The molecule has 0 aliphatic carbocycles. The highest BCUT2D eigenvalue weighted by molar-refractivity contribution is 5.93. The van der Waals surface area contributed by atoms with Crippen LogP contribution >= 0.6 is 0 Å². The second-order valence-electron chi connectivity index (χ2n) is 7.63. The first kappa shape index (κ1) is 15.7. The predicted octanol–water partition coefficient (Wildman–Crippen LogP) is 2.60. The summed E-state index contributed by atoms with van der Waals surface area (Å²) in [6.07, 6.45) is 1.78. The van der Waals surface area contributed by atoms with E-state index in [0.717, 1.165) is 44.6 Å². The molecule has 4 bridgehead atoms. The molecular formula is C18H23N3O3. The quantitative estimate of drug-likeness (QED) is 0.627. The van der Waals surface area contributed by atoms with Crippen LogP contribution in [0.25, 0.3) is 0 Å². The number of hydrogen-bond donors (Lipinski definition) is 0. The molecule has 0 radical (unpaired) electrons. The average Bonchev–Trinajstić information content (AvgIpc) is 2.58. The molecule has 0 atom stereocenters. The van der Waals surface area contributed by atoms with Gasteiger partial charge in [0, 0.05) is 38.3 Å². The Morgan fingerprint density at radius 1 is 1.12 bits per heavy atom. The van der Waals surface area contributed by atoms with Crippen molar-refractivity contribution in [3.63, 3.8) is 0 Å². The number of nitro groups is 1. The van der Waals surface area contributed by atoms with Gasteiger partial charge in [-0.2, -0.15) is 0 Å². The third kappa shape index (κ3) is 1.93. The molecule has 1 aromatic rings. The van der Waals surface area contributed by atoms with Gasteiger partial charge >= 0.3 is 0 Å². The highest BCUT2D eigenvalue weighted by Crippen LogP contribution is 2.54. The van der Waals surface area contributed by atoms with E-state index in [1.165, 1.54) is 6.07 Å². The molecule has 0 amide bonds.